The smallest absolute Gasteiger partial charge is 0.273 e. The number of carbonyl (C=O) groups is 1. The molecule has 4 rings (SSSR count). The zero-order valence-electron chi connectivity index (χ0n) is 17.7. The largest absolute Gasteiger partial charge is 0.484 e. The van der Waals surface area contributed by atoms with E-state index in [1.54, 1.807) is 47.9 Å². The predicted octanol–water partition coefficient (Wildman–Crippen LogP) is 4.78. The van der Waals surface area contributed by atoms with E-state index in [1.165, 1.54) is 38.9 Å². The van der Waals surface area contributed by atoms with Crippen LogP contribution >= 0.6 is 22.7 Å². The molecule has 0 N–H and O–H groups in total. The molecule has 0 bridgehead atoms. The fourth-order valence-electron chi connectivity index (χ4n) is 3.05. The second kappa shape index (κ2) is 9.74. The Morgan fingerprint density at radius 1 is 1.12 bits per heavy atom. The van der Waals surface area contributed by atoms with Crippen LogP contribution in [-0.2, 0) is 14.8 Å². The van der Waals surface area contributed by atoms with Gasteiger partial charge in [-0.1, -0.05) is 35.6 Å². The van der Waals surface area contributed by atoms with E-state index in [2.05, 4.69) is 11.6 Å². The first-order valence-corrected chi connectivity index (χ1v) is 13.1. The molecular formula is C23H21N3O4S3. The van der Waals surface area contributed by atoms with Gasteiger partial charge in [-0.15, -0.1) is 17.9 Å². The number of fused-ring (bicyclic) bond motifs is 1. The number of aromatic nitrogens is 1. The van der Waals surface area contributed by atoms with Crippen molar-refractivity contribution in [3.8, 4) is 5.75 Å². The van der Waals surface area contributed by atoms with Crippen molar-refractivity contribution < 1.29 is 17.9 Å². The maximum atomic E-state index is 12.9. The van der Waals surface area contributed by atoms with Crippen LogP contribution in [0, 0.1) is 0 Å². The van der Waals surface area contributed by atoms with Gasteiger partial charge in [-0.05, 0) is 47.8 Å². The number of thiazole rings is 1. The highest BCUT2D eigenvalue weighted by molar-refractivity contribution is 7.94. The predicted molar refractivity (Wildman–Crippen MR) is 134 cm³/mol. The van der Waals surface area contributed by atoms with Crippen LogP contribution in [0.1, 0.15) is 0 Å². The van der Waals surface area contributed by atoms with E-state index in [0.717, 1.165) is 10.2 Å². The van der Waals surface area contributed by atoms with Crippen molar-refractivity contribution in [1.82, 2.24) is 4.98 Å². The number of thiophene rings is 1. The molecular weight excluding hydrogens is 478 g/mol. The van der Waals surface area contributed by atoms with E-state index in [9.17, 15) is 13.2 Å². The first kappa shape index (κ1) is 23.0. The molecule has 4 aromatic rings. The molecule has 7 nitrogen and oxygen atoms in total. The lowest BCUT2D eigenvalue weighted by Crippen LogP contribution is -2.35. The molecule has 2 aromatic heterocycles. The molecule has 0 aliphatic heterocycles. The van der Waals surface area contributed by atoms with Crippen molar-refractivity contribution in [2.45, 2.75) is 4.21 Å². The topological polar surface area (TPSA) is 79.8 Å². The van der Waals surface area contributed by atoms with Crippen LogP contribution < -0.4 is 13.9 Å². The Bertz CT molecular complexity index is 1330. The van der Waals surface area contributed by atoms with Crippen molar-refractivity contribution in [2.75, 3.05) is 29.4 Å². The Morgan fingerprint density at radius 3 is 2.55 bits per heavy atom. The molecule has 2 heterocycles. The molecule has 0 aliphatic rings. The summed E-state index contributed by atoms with van der Waals surface area (Å²) in [5.41, 5.74) is 1.32. The van der Waals surface area contributed by atoms with E-state index in [0.29, 0.717) is 23.1 Å². The summed E-state index contributed by atoms with van der Waals surface area (Å²) >= 11 is 2.60. The number of ether oxygens (including phenoxy) is 1. The van der Waals surface area contributed by atoms with E-state index in [1.807, 2.05) is 24.3 Å². The fraction of sp³-hybridized carbons (Fsp3) is 0.130. The van der Waals surface area contributed by atoms with Crippen LogP contribution in [0.3, 0.4) is 0 Å². The zero-order valence-corrected chi connectivity index (χ0v) is 20.2. The minimum atomic E-state index is -3.61. The van der Waals surface area contributed by atoms with Gasteiger partial charge in [0.1, 0.15) is 9.96 Å². The van der Waals surface area contributed by atoms with Crippen LogP contribution in [0.25, 0.3) is 10.2 Å². The maximum absolute atomic E-state index is 12.9. The van der Waals surface area contributed by atoms with Crippen LogP contribution in [-0.4, -0.2) is 39.5 Å². The van der Waals surface area contributed by atoms with Gasteiger partial charge < -0.3 is 4.74 Å². The van der Waals surface area contributed by atoms with Crippen LogP contribution in [0.4, 0.5) is 10.8 Å². The van der Waals surface area contributed by atoms with Crippen molar-refractivity contribution in [3.63, 3.8) is 0 Å². The molecule has 0 saturated carbocycles. The number of hydrogen-bond donors (Lipinski definition) is 0. The normalized spacial score (nSPS) is 11.3. The fourth-order valence-corrected chi connectivity index (χ4v) is 6.40. The van der Waals surface area contributed by atoms with Gasteiger partial charge in [0.15, 0.2) is 11.7 Å². The molecule has 2 aromatic carbocycles. The van der Waals surface area contributed by atoms with Crippen molar-refractivity contribution >= 4 is 59.6 Å². The summed E-state index contributed by atoms with van der Waals surface area (Å²) in [7, 11) is -2.11. The number of benzene rings is 2. The lowest BCUT2D eigenvalue weighted by Gasteiger charge is -2.19. The number of rotatable bonds is 9. The van der Waals surface area contributed by atoms with Gasteiger partial charge in [-0.25, -0.2) is 13.4 Å². The average molecular weight is 500 g/mol. The first-order valence-electron chi connectivity index (χ1n) is 9.92. The number of hydrogen-bond acceptors (Lipinski definition) is 7. The lowest BCUT2D eigenvalue weighted by atomic mass is 10.3. The zero-order chi connectivity index (χ0) is 23.4. The summed E-state index contributed by atoms with van der Waals surface area (Å²) in [5, 5.41) is 2.30. The highest BCUT2D eigenvalue weighted by Gasteiger charge is 2.22. The SMILES string of the molecule is C=CCN(C(=O)COc1ccc(N(C)S(=O)(=O)c2cccs2)cc1)c1nc2ccccc2s1. The standard InChI is InChI=1S/C23H21N3O4S3/c1-3-14-26(23-24-19-7-4-5-8-20(19)32-23)21(27)16-30-18-12-10-17(11-13-18)25(2)33(28,29)22-9-6-15-31-22/h3-13,15H,1,14,16H2,2H3. The summed E-state index contributed by atoms with van der Waals surface area (Å²) < 4.78 is 33.5. The molecule has 0 saturated heterocycles. The molecule has 170 valence electrons. The van der Waals surface area contributed by atoms with E-state index < -0.39 is 10.0 Å². The summed E-state index contributed by atoms with van der Waals surface area (Å²) in [6, 6.07) is 17.5. The number of anilines is 2. The lowest BCUT2D eigenvalue weighted by molar-refractivity contribution is -0.120. The highest BCUT2D eigenvalue weighted by atomic mass is 32.2. The molecule has 0 spiro atoms. The van der Waals surface area contributed by atoms with Gasteiger partial charge in [0.2, 0.25) is 0 Å². The summed E-state index contributed by atoms with van der Waals surface area (Å²) in [6.45, 7) is 3.86. The third kappa shape index (κ3) is 4.92. The molecule has 1 amide bonds. The minimum Gasteiger partial charge on any atom is -0.484 e. The Balaban J connectivity index is 1.43. The van der Waals surface area contributed by atoms with Gasteiger partial charge in [-0.3, -0.25) is 14.0 Å². The third-order valence-corrected chi connectivity index (χ3v) is 9.02. The molecule has 0 unspecified atom stereocenters. The molecule has 10 heteroatoms. The van der Waals surface area contributed by atoms with Crippen molar-refractivity contribution in [3.05, 3.63) is 78.7 Å². The second-order valence-corrected chi connectivity index (χ2v) is 11.1. The number of carbonyl (C=O) groups excluding carboxylic acids is 1. The van der Waals surface area contributed by atoms with E-state index in [-0.39, 0.29) is 16.7 Å². The number of para-hydroxylation sites is 1. The highest BCUT2D eigenvalue weighted by Crippen LogP contribution is 2.29. The number of sulfonamides is 1. The monoisotopic (exact) mass is 499 g/mol. The molecule has 33 heavy (non-hydrogen) atoms. The Labute approximate surface area is 200 Å². The second-order valence-electron chi connectivity index (χ2n) is 6.94. The minimum absolute atomic E-state index is 0.188. The van der Waals surface area contributed by atoms with Crippen molar-refractivity contribution in [2.24, 2.45) is 0 Å². The molecule has 0 radical (unpaired) electrons. The van der Waals surface area contributed by atoms with Gasteiger partial charge in [-0.2, -0.15) is 0 Å². The number of nitrogens with zero attached hydrogens (tertiary/aromatic N) is 3. The Morgan fingerprint density at radius 2 is 1.88 bits per heavy atom. The van der Waals surface area contributed by atoms with E-state index >= 15 is 0 Å². The van der Waals surface area contributed by atoms with Crippen LogP contribution in [0.15, 0.2) is 82.9 Å². The summed E-state index contributed by atoms with van der Waals surface area (Å²) in [4.78, 5) is 18.9. The molecule has 0 aliphatic carbocycles. The van der Waals surface area contributed by atoms with Gasteiger partial charge in [0.25, 0.3) is 15.9 Å². The summed E-state index contributed by atoms with van der Waals surface area (Å²) in [5.74, 6) is 0.201. The van der Waals surface area contributed by atoms with Gasteiger partial charge in [0.05, 0.1) is 15.9 Å². The van der Waals surface area contributed by atoms with Crippen LogP contribution in [0.5, 0.6) is 5.75 Å². The van der Waals surface area contributed by atoms with Gasteiger partial charge in [0, 0.05) is 13.6 Å². The molecule has 0 fully saturated rings. The Hall–Kier alpha value is -3.21. The Kier molecular flexibility index (Phi) is 6.77. The van der Waals surface area contributed by atoms with Gasteiger partial charge >= 0.3 is 0 Å². The third-order valence-electron chi connectivity index (χ3n) is 4.80. The van der Waals surface area contributed by atoms with Crippen LogP contribution in [0.2, 0.25) is 0 Å². The van der Waals surface area contributed by atoms with Crippen molar-refractivity contribution in [1.29, 1.82) is 0 Å². The quantitative estimate of drug-likeness (QED) is 0.310. The first-order chi connectivity index (χ1) is 15.9. The molecule has 0 atom stereocenters. The summed E-state index contributed by atoms with van der Waals surface area (Å²) in [6.07, 6.45) is 1.64. The average Bonchev–Trinajstić information content (AvgIpc) is 3.51. The number of amides is 1. The maximum Gasteiger partial charge on any atom is 0.273 e. The van der Waals surface area contributed by atoms with E-state index in [4.69, 9.17) is 4.74 Å².